The number of aliphatic imine (C=N–C) groups is 1. The molecule has 138 valence electrons. The summed E-state index contributed by atoms with van der Waals surface area (Å²) in [7, 11) is 1.64. The number of hydrogen-bond acceptors (Lipinski definition) is 3. The molecule has 7 heteroatoms. The van der Waals surface area contributed by atoms with Gasteiger partial charge in [0.2, 0.25) is 0 Å². The van der Waals surface area contributed by atoms with E-state index in [2.05, 4.69) is 31.6 Å². The second-order valence-electron chi connectivity index (χ2n) is 6.23. The van der Waals surface area contributed by atoms with Gasteiger partial charge in [0.1, 0.15) is 17.5 Å². The largest absolute Gasteiger partial charge is 0.357 e. The van der Waals surface area contributed by atoms with Crippen LogP contribution in [0.5, 0.6) is 0 Å². The summed E-state index contributed by atoms with van der Waals surface area (Å²) in [4.78, 5) is 10.8. The zero-order valence-electron chi connectivity index (χ0n) is 14.8. The lowest BCUT2D eigenvalue weighted by molar-refractivity contribution is 0.581. The number of hydrogen-bond donors (Lipinski definition) is 2. The summed E-state index contributed by atoms with van der Waals surface area (Å²) in [6, 6.07) is 7.43. The van der Waals surface area contributed by atoms with Gasteiger partial charge in [0.05, 0.1) is 0 Å². The van der Waals surface area contributed by atoms with Gasteiger partial charge in [0, 0.05) is 45.0 Å². The van der Waals surface area contributed by atoms with E-state index in [0.717, 1.165) is 36.6 Å². The molecule has 2 aromatic rings. The van der Waals surface area contributed by atoms with Gasteiger partial charge in [-0.25, -0.2) is 13.8 Å². The van der Waals surface area contributed by atoms with Crippen LogP contribution in [-0.4, -0.2) is 31.1 Å². The average molecular weight is 359 g/mol. The highest BCUT2D eigenvalue weighted by atomic mass is 19.1. The molecule has 2 heterocycles. The number of guanidine groups is 1. The highest BCUT2D eigenvalue weighted by Crippen LogP contribution is 2.18. The summed E-state index contributed by atoms with van der Waals surface area (Å²) in [6.07, 6.45) is 4.22. The van der Waals surface area contributed by atoms with Crippen LogP contribution in [0.4, 0.5) is 14.6 Å². The molecule has 1 fully saturated rings. The number of anilines is 1. The topological polar surface area (TPSA) is 52.6 Å². The van der Waals surface area contributed by atoms with Crippen LogP contribution in [0.1, 0.15) is 24.0 Å². The van der Waals surface area contributed by atoms with E-state index in [9.17, 15) is 8.78 Å². The third kappa shape index (κ3) is 4.68. The van der Waals surface area contributed by atoms with Crippen molar-refractivity contribution in [3.05, 3.63) is 59.3 Å². The van der Waals surface area contributed by atoms with Crippen LogP contribution in [0.15, 0.2) is 41.5 Å². The Morgan fingerprint density at radius 1 is 1.12 bits per heavy atom. The molecule has 3 rings (SSSR count). The first-order valence-electron chi connectivity index (χ1n) is 8.74. The molecule has 5 nitrogen and oxygen atoms in total. The van der Waals surface area contributed by atoms with Crippen molar-refractivity contribution in [1.29, 1.82) is 0 Å². The molecule has 0 aliphatic carbocycles. The Morgan fingerprint density at radius 2 is 1.88 bits per heavy atom. The minimum atomic E-state index is -0.461. The minimum Gasteiger partial charge on any atom is -0.357 e. The Morgan fingerprint density at radius 3 is 2.65 bits per heavy atom. The van der Waals surface area contributed by atoms with Crippen molar-refractivity contribution in [3.63, 3.8) is 0 Å². The predicted molar refractivity (Wildman–Crippen MR) is 99.1 cm³/mol. The number of pyridine rings is 1. The number of halogens is 2. The minimum absolute atomic E-state index is 0.151. The van der Waals surface area contributed by atoms with E-state index in [1.54, 1.807) is 7.05 Å². The van der Waals surface area contributed by atoms with Gasteiger partial charge in [-0.1, -0.05) is 0 Å². The van der Waals surface area contributed by atoms with Gasteiger partial charge < -0.3 is 15.5 Å². The molecule has 2 N–H and O–H groups in total. The van der Waals surface area contributed by atoms with E-state index in [0.29, 0.717) is 12.5 Å². The standard InChI is InChI=1S/C19H23F2N5/c1-22-19(25-13-15-11-16(20)4-5-17(15)21)24-12-14-6-7-23-18(10-14)26-8-2-3-9-26/h4-7,10-11H,2-3,8-9,12-13H2,1H3,(H2,22,24,25). The SMILES string of the molecule is CN=C(NCc1ccnc(N2CCCC2)c1)NCc1cc(F)ccc1F. The molecule has 0 unspecified atom stereocenters. The monoisotopic (exact) mass is 359 g/mol. The lowest BCUT2D eigenvalue weighted by atomic mass is 10.2. The maximum Gasteiger partial charge on any atom is 0.191 e. The third-order valence-corrected chi connectivity index (χ3v) is 4.38. The first-order chi connectivity index (χ1) is 12.7. The molecule has 0 amide bonds. The highest BCUT2D eigenvalue weighted by Gasteiger charge is 2.13. The maximum atomic E-state index is 13.7. The molecule has 0 atom stereocenters. The molecule has 0 saturated carbocycles. The molecule has 1 saturated heterocycles. The summed E-state index contributed by atoms with van der Waals surface area (Å²) in [5.74, 6) is 0.607. The van der Waals surface area contributed by atoms with Crippen molar-refractivity contribution in [3.8, 4) is 0 Å². The van der Waals surface area contributed by atoms with Gasteiger partial charge in [0.25, 0.3) is 0 Å². The zero-order valence-corrected chi connectivity index (χ0v) is 14.8. The molecule has 1 aliphatic rings. The molecule has 0 bridgehead atoms. The van der Waals surface area contributed by atoms with Crippen molar-refractivity contribution in [2.24, 2.45) is 4.99 Å². The maximum absolute atomic E-state index is 13.7. The van der Waals surface area contributed by atoms with E-state index >= 15 is 0 Å². The second-order valence-corrected chi connectivity index (χ2v) is 6.23. The fourth-order valence-electron chi connectivity index (χ4n) is 2.95. The van der Waals surface area contributed by atoms with Gasteiger partial charge in [-0.3, -0.25) is 4.99 Å². The van der Waals surface area contributed by atoms with Crippen molar-refractivity contribution in [2.45, 2.75) is 25.9 Å². The Kier molecular flexibility index (Phi) is 5.99. The van der Waals surface area contributed by atoms with Crippen LogP contribution in [0, 0.1) is 11.6 Å². The number of aromatic nitrogens is 1. The van der Waals surface area contributed by atoms with Crippen molar-refractivity contribution < 1.29 is 8.78 Å². The molecule has 0 spiro atoms. The fourth-order valence-corrected chi connectivity index (χ4v) is 2.95. The van der Waals surface area contributed by atoms with Crippen LogP contribution in [0.2, 0.25) is 0 Å². The van der Waals surface area contributed by atoms with Gasteiger partial charge in [-0.2, -0.15) is 0 Å². The van der Waals surface area contributed by atoms with E-state index in [1.165, 1.54) is 18.9 Å². The lowest BCUT2D eigenvalue weighted by Crippen LogP contribution is -2.36. The fraction of sp³-hybridized carbons (Fsp3) is 0.368. The predicted octanol–water partition coefficient (Wildman–Crippen LogP) is 2.83. The number of nitrogens with one attached hydrogen (secondary N) is 2. The molecular weight excluding hydrogens is 336 g/mol. The van der Waals surface area contributed by atoms with E-state index in [-0.39, 0.29) is 12.1 Å². The first-order valence-corrected chi connectivity index (χ1v) is 8.74. The number of rotatable bonds is 5. The first kappa shape index (κ1) is 18.1. The molecule has 1 aromatic heterocycles. The Balaban J connectivity index is 1.55. The molecule has 0 radical (unpaired) electrons. The van der Waals surface area contributed by atoms with Gasteiger partial charge >= 0.3 is 0 Å². The highest BCUT2D eigenvalue weighted by molar-refractivity contribution is 5.79. The van der Waals surface area contributed by atoms with Crippen molar-refractivity contribution in [2.75, 3.05) is 25.0 Å². The number of nitrogens with zero attached hydrogens (tertiary/aromatic N) is 3. The summed E-state index contributed by atoms with van der Waals surface area (Å²) < 4.78 is 26.9. The Labute approximate surface area is 152 Å². The van der Waals surface area contributed by atoms with Gasteiger partial charge in [-0.05, 0) is 48.7 Å². The van der Waals surface area contributed by atoms with Crippen LogP contribution in [-0.2, 0) is 13.1 Å². The quantitative estimate of drug-likeness (QED) is 0.637. The van der Waals surface area contributed by atoms with Crippen molar-refractivity contribution >= 4 is 11.8 Å². The lowest BCUT2D eigenvalue weighted by Gasteiger charge is -2.17. The van der Waals surface area contributed by atoms with Gasteiger partial charge in [-0.15, -0.1) is 0 Å². The molecule has 1 aromatic carbocycles. The second kappa shape index (κ2) is 8.60. The molecular formula is C19H23F2N5. The number of benzene rings is 1. The van der Waals surface area contributed by atoms with Crippen LogP contribution in [0.25, 0.3) is 0 Å². The third-order valence-electron chi connectivity index (χ3n) is 4.38. The van der Waals surface area contributed by atoms with E-state index in [1.807, 2.05) is 12.3 Å². The van der Waals surface area contributed by atoms with Gasteiger partial charge in [0.15, 0.2) is 5.96 Å². The normalized spacial score (nSPS) is 14.6. The van der Waals surface area contributed by atoms with E-state index in [4.69, 9.17) is 0 Å². The van der Waals surface area contributed by atoms with Crippen LogP contribution in [0.3, 0.4) is 0 Å². The Hall–Kier alpha value is -2.70. The summed E-state index contributed by atoms with van der Waals surface area (Å²) in [5.41, 5.74) is 1.34. The summed E-state index contributed by atoms with van der Waals surface area (Å²) in [6.45, 7) is 2.81. The van der Waals surface area contributed by atoms with E-state index < -0.39 is 11.6 Å². The molecule has 1 aliphatic heterocycles. The van der Waals surface area contributed by atoms with Crippen LogP contribution < -0.4 is 15.5 Å². The van der Waals surface area contributed by atoms with Crippen LogP contribution >= 0.6 is 0 Å². The zero-order chi connectivity index (χ0) is 18.4. The average Bonchev–Trinajstić information content (AvgIpc) is 3.19. The van der Waals surface area contributed by atoms with Crippen molar-refractivity contribution in [1.82, 2.24) is 15.6 Å². The Bertz CT molecular complexity index is 772. The smallest absolute Gasteiger partial charge is 0.191 e. The molecule has 26 heavy (non-hydrogen) atoms. The summed E-state index contributed by atoms with van der Waals surface area (Å²) in [5, 5.41) is 6.18. The summed E-state index contributed by atoms with van der Waals surface area (Å²) >= 11 is 0.